The molecule has 136 valence electrons. The molecule has 0 atom stereocenters. The zero-order valence-electron chi connectivity index (χ0n) is 14.8. The highest BCUT2D eigenvalue weighted by atomic mass is 32.1. The molecule has 4 heterocycles. The van der Waals surface area contributed by atoms with E-state index in [1.54, 1.807) is 23.7 Å². The fourth-order valence-electron chi connectivity index (χ4n) is 3.38. The van der Waals surface area contributed by atoms with Gasteiger partial charge < -0.3 is 9.80 Å². The number of fused-ring (bicyclic) bond motifs is 1. The summed E-state index contributed by atoms with van der Waals surface area (Å²) in [5.74, 6) is 1.77. The second-order valence-electron chi connectivity index (χ2n) is 6.41. The van der Waals surface area contributed by atoms with Gasteiger partial charge in [0.1, 0.15) is 0 Å². The Bertz CT molecular complexity index is 956. The number of anilines is 2. The van der Waals surface area contributed by atoms with E-state index in [-0.39, 0.29) is 0 Å². The maximum atomic E-state index is 4.82. The van der Waals surface area contributed by atoms with Crippen LogP contribution in [0.3, 0.4) is 0 Å². The Labute approximate surface area is 161 Å². The van der Waals surface area contributed by atoms with E-state index in [2.05, 4.69) is 53.9 Å². The quantitative estimate of drug-likeness (QED) is 0.684. The monoisotopic (exact) mass is 377 g/mol. The van der Waals surface area contributed by atoms with Crippen molar-refractivity contribution in [3.63, 3.8) is 0 Å². The molecule has 0 N–H and O–H groups in total. The third-order valence-corrected chi connectivity index (χ3v) is 5.80. The van der Waals surface area contributed by atoms with Crippen LogP contribution in [0.2, 0.25) is 0 Å². The van der Waals surface area contributed by atoms with E-state index in [1.165, 1.54) is 4.70 Å². The first-order valence-electron chi connectivity index (χ1n) is 9.01. The SMILES string of the molecule is C1=CN=C(N2CCN(c3ncccn3)CC2)N(c2nc3ccccc3s2)C1. The normalized spacial score (nSPS) is 17.5. The number of nitrogens with zero attached hydrogens (tertiary/aromatic N) is 7. The molecular formula is C19H19N7S. The lowest BCUT2D eigenvalue weighted by atomic mass is 10.3. The van der Waals surface area contributed by atoms with E-state index in [9.17, 15) is 0 Å². The first kappa shape index (κ1) is 16.2. The van der Waals surface area contributed by atoms with Crippen LogP contribution in [-0.2, 0) is 0 Å². The van der Waals surface area contributed by atoms with E-state index >= 15 is 0 Å². The molecule has 2 aromatic heterocycles. The smallest absolute Gasteiger partial charge is 0.225 e. The third-order valence-electron chi connectivity index (χ3n) is 4.74. The number of benzene rings is 1. The number of aromatic nitrogens is 3. The Morgan fingerprint density at radius 2 is 1.67 bits per heavy atom. The number of thiazole rings is 1. The van der Waals surface area contributed by atoms with Gasteiger partial charge in [0.2, 0.25) is 11.9 Å². The molecule has 0 unspecified atom stereocenters. The maximum Gasteiger partial charge on any atom is 0.225 e. The van der Waals surface area contributed by atoms with Gasteiger partial charge in [-0.15, -0.1) is 0 Å². The van der Waals surface area contributed by atoms with Crippen LogP contribution in [0.15, 0.2) is 60.0 Å². The first-order chi connectivity index (χ1) is 13.4. The zero-order valence-corrected chi connectivity index (χ0v) is 15.6. The van der Waals surface area contributed by atoms with Crippen LogP contribution < -0.4 is 9.80 Å². The van der Waals surface area contributed by atoms with Gasteiger partial charge in [-0.3, -0.25) is 4.90 Å². The van der Waals surface area contributed by atoms with Crippen LogP contribution >= 0.6 is 11.3 Å². The van der Waals surface area contributed by atoms with Gasteiger partial charge in [-0.05, 0) is 24.3 Å². The van der Waals surface area contributed by atoms with Crippen LogP contribution in [0.1, 0.15) is 0 Å². The molecule has 2 aliphatic heterocycles. The maximum absolute atomic E-state index is 4.82. The highest BCUT2D eigenvalue weighted by Crippen LogP contribution is 2.30. The number of rotatable bonds is 2. The number of hydrogen-bond donors (Lipinski definition) is 0. The molecule has 2 aliphatic rings. The van der Waals surface area contributed by atoms with Crippen molar-refractivity contribution < 1.29 is 0 Å². The predicted octanol–water partition coefficient (Wildman–Crippen LogP) is 2.60. The lowest BCUT2D eigenvalue weighted by molar-refractivity contribution is 0.376. The van der Waals surface area contributed by atoms with Gasteiger partial charge in [0.05, 0.1) is 10.2 Å². The summed E-state index contributed by atoms with van der Waals surface area (Å²) in [5, 5.41) is 0.994. The molecule has 8 heteroatoms. The summed E-state index contributed by atoms with van der Waals surface area (Å²) in [6.45, 7) is 4.31. The van der Waals surface area contributed by atoms with Gasteiger partial charge in [-0.2, -0.15) is 0 Å². The standard InChI is InChI=1S/C19H19N7S/c1-2-6-16-15(5-1)23-19(27-16)26-10-4-9-22-18(26)25-13-11-24(12-14-25)17-20-7-3-8-21-17/h1-9H,10-14H2. The molecule has 0 spiro atoms. The molecule has 1 saturated heterocycles. The summed E-state index contributed by atoms with van der Waals surface area (Å²) in [6.07, 6.45) is 7.55. The summed E-state index contributed by atoms with van der Waals surface area (Å²) >= 11 is 1.71. The van der Waals surface area contributed by atoms with Gasteiger partial charge in [-0.25, -0.2) is 19.9 Å². The van der Waals surface area contributed by atoms with E-state index < -0.39 is 0 Å². The fraction of sp³-hybridized carbons (Fsp3) is 0.263. The van der Waals surface area contributed by atoms with Gasteiger partial charge >= 0.3 is 0 Å². The Kier molecular flexibility index (Phi) is 4.17. The van der Waals surface area contributed by atoms with Crippen molar-refractivity contribution in [1.82, 2.24) is 19.9 Å². The van der Waals surface area contributed by atoms with Crippen LogP contribution in [0.4, 0.5) is 11.1 Å². The van der Waals surface area contributed by atoms with Crippen molar-refractivity contribution in [1.29, 1.82) is 0 Å². The summed E-state index contributed by atoms with van der Waals surface area (Å²) in [6, 6.07) is 10.1. The van der Waals surface area contributed by atoms with E-state index in [0.29, 0.717) is 0 Å². The average Bonchev–Trinajstić information content (AvgIpc) is 3.19. The van der Waals surface area contributed by atoms with Crippen LogP contribution in [-0.4, -0.2) is 58.5 Å². The van der Waals surface area contributed by atoms with Gasteiger partial charge in [0, 0.05) is 51.3 Å². The summed E-state index contributed by atoms with van der Waals surface area (Å²) in [7, 11) is 0. The highest BCUT2D eigenvalue weighted by molar-refractivity contribution is 7.22. The number of guanidine groups is 1. The molecule has 0 bridgehead atoms. The Morgan fingerprint density at radius 1 is 0.889 bits per heavy atom. The van der Waals surface area contributed by atoms with Gasteiger partial charge in [0.25, 0.3) is 0 Å². The molecule has 3 aromatic rings. The predicted molar refractivity (Wildman–Crippen MR) is 109 cm³/mol. The van der Waals surface area contributed by atoms with Crippen LogP contribution in [0, 0.1) is 0 Å². The molecular weight excluding hydrogens is 358 g/mol. The largest absolute Gasteiger partial charge is 0.339 e. The minimum atomic E-state index is 0.792. The topological polar surface area (TPSA) is 60.8 Å². The fourth-order valence-corrected chi connectivity index (χ4v) is 4.35. The number of aliphatic imine (C=N–C) groups is 1. The minimum absolute atomic E-state index is 0.792. The Hall–Kier alpha value is -3.00. The summed E-state index contributed by atoms with van der Waals surface area (Å²) in [5.41, 5.74) is 1.04. The van der Waals surface area contributed by atoms with Crippen LogP contribution in [0.5, 0.6) is 0 Å². The molecule has 0 saturated carbocycles. The second-order valence-corrected chi connectivity index (χ2v) is 7.42. The summed E-state index contributed by atoms with van der Waals surface area (Å²) < 4.78 is 1.20. The van der Waals surface area contributed by atoms with Crippen molar-refractivity contribution in [3.05, 3.63) is 55.0 Å². The molecule has 0 amide bonds. The van der Waals surface area contributed by atoms with Crippen LogP contribution in [0.25, 0.3) is 10.2 Å². The molecule has 27 heavy (non-hydrogen) atoms. The van der Waals surface area contributed by atoms with Gasteiger partial charge in [0.15, 0.2) is 5.13 Å². The number of hydrogen-bond acceptors (Lipinski definition) is 8. The van der Waals surface area contributed by atoms with Crippen molar-refractivity contribution in [2.75, 3.05) is 42.5 Å². The average molecular weight is 377 g/mol. The number of para-hydroxylation sites is 1. The third kappa shape index (κ3) is 3.12. The molecule has 7 nitrogen and oxygen atoms in total. The van der Waals surface area contributed by atoms with Crippen molar-refractivity contribution in [2.24, 2.45) is 4.99 Å². The van der Waals surface area contributed by atoms with Gasteiger partial charge in [-0.1, -0.05) is 23.5 Å². The van der Waals surface area contributed by atoms with E-state index in [0.717, 1.165) is 55.3 Å². The van der Waals surface area contributed by atoms with E-state index in [1.807, 2.05) is 18.3 Å². The lowest BCUT2D eigenvalue weighted by Crippen LogP contribution is -2.54. The molecule has 5 rings (SSSR count). The molecule has 0 radical (unpaired) electrons. The summed E-state index contributed by atoms with van der Waals surface area (Å²) in [4.78, 5) is 25.0. The van der Waals surface area contributed by atoms with E-state index in [4.69, 9.17) is 4.98 Å². The second kappa shape index (κ2) is 6.96. The zero-order chi connectivity index (χ0) is 18.1. The van der Waals surface area contributed by atoms with Crippen molar-refractivity contribution in [3.8, 4) is 0 Å². The molecule has 1 aromatic carbocycles. The lowest BCUT2D eigenvalue weighted by Gasteiger charge is -2.39. The van der Waals surface area contributed by atoms with Crippen molar-refractivity contribution >= 4 is 38.6 Å². The number of piperazine rings is 1. The van der Waals surface area contributed by atoms with Crippen molar-refractivity contribution in [2.45, 2.75) is 0 Å². The Balaban J connectivity index is 1.35. The first-order valence-corrected chi connectivity index (χ1v) is 9.83. The minimum Gasteiger partial charge on any atom is -0.339 e. The Morgan fingerprint density at radius 3 is 2.48 bits per heavy atom. The highest BCUT2D eigenvalue weighted by Gasteiger charge is 2.27. The molecule has 0 aliphatic carbocycles. The molecule has 1 fully saturated rings.